The summed E-state index contributed by atoms with van der Waals surface area (Å²) in [5.41, 5.74) is 6.86. The van der Waals surface area contributed by atoms with E-state index < -0.39 is 0 Å². The highest BCUT2D eigenvalue weighted by molar-refractivity contribution is 6.00. The van der Waals surface area contributed by atoms with Crippen molar-refractivity contribution in [3.8, 4) is 0 Å². The molecule has 0 fully saturated rings. The Bertz CT molecular complexity index is 439. The van der Waals surface area contributed by atoms with E-state index in [0.717, 1.165) is 6.42 Å². The van der Waals surface area contributed by atoms with Gasteiger partial charge in [-0.05, 0) is 43.0 Å². The largest absolute Gasteiger partial charge is 0.257 e. The van der Waals surface area contributed by atoms with Crippen molar-refractivity contribution >= 4 is 11.4 Å². The van der Waals surface area contributed by atoms with E-state index in [1.54, 1.807) is 0 Å². The molecule has 1 aliphatic heterocycles. The maximum atomic E-state index is 4.67. The molecular formula is C14H19N. The molecule has 2 rings (SSSR count). The standard InChI is InChI=1S/C14H19N/c1-6-11-9(2)7-8-12-13(11)14(4,5)10(3)15-12/h7-8H,6H2,1-5H3. The first kappa shape index (κ1) is 10.4. The van der Waals surface area contributed by atoms with Crippen molar-refractivity contribution in [1.29, 1.82) is 0 Å². The fourth-order valence-electron chi connectivity index (χ4n) is 2.49. The van der Waals surface area contributed by atoms with Crippen molar-refractivity contribution in [2.75, 3.05) is 0 Å². The average molecular weight is 201 g/mol. The second-order valence-electron chi connectivity index (χ2n) is 4.93. The first-order chi connectivity index (χ1) is 6.98. The molecule has 0 atom stereocenters. The van der Waals surface area contributed by atoms with Gasteiger partial charge in [0.05, 0.1) is 5.69 Å². The third-order valence-electron chi connectivity index (χ3n) is 3.70. The van der Waals surface area contributed by atoms with Gasteiger partial charge in [-0.3, -0.25) is 4.99 Å². The van der Waals surface area contributed by atoms with Crippen LogP contribution < -0.4 is 0 Å². The quantitative estimate of drug-likeness (QED) is 0.652. The summed E-state index contributed by atoms with van der Waals surface area (Å²) in [5.74, 6) is 0. The molecule has 0 bridgehead atoms. The van der Waals surface area contributed by atoms with Crippen LogP contribution in [0.5, 0.6) is 0 Å². The number of fused-ring (bicyclic) bond motifs is 1. The van der Waals surface area contributed by atoms with Gasteiger partial charge in [-0.2, -0.15) is 0 Å². The van der Waals surface area contributed by atoms with Gasteiger partial charge in [-0.1, -0.05) is 26.8 Å². The van der Waals surface area contributed by atoms with Crippen molar-refractivity contribution in [1.82, 2.24) is 0 Å². The van der Waals surface area contributed by atoms with E-state index in [4.69, 9.17) is 0 Å². The first-order valence-corrected chi connectivity index (χ1v) is 5.67. The van der Waals surface area contributed by atoms with Crippen LogP contribution in [0.4, 0.5) is 5.69 Å². The molecule has 0 radical (unpaired) electrons. The number of hydrogen-bond donors (Lipinski definition) is 0. The van der Waals surface area contributed by atoms with Gasteiger partial charge in [0, 0.05) is 11.1 Å². The molecule has 0 saturated heterocycles. The Kier molecular flexibility index (Phi) is 2.22. The van der Waals surface area contributed by atoms with E-state index >= 15 is 0 Å². The Morgan fingerprint density at radius 1 is 1.20 bits per heavy atom. The fourth-order valence-corrected chi connectivity index (χ4v) is 2.49. The molecule has 0 amide bonds. The molecule has 0 N–H and O–H groups in total. The van der Waals surface area contributed by atoms with Crippen LogP contribution >= 0.6 is 0 Å². The third kappa shape index (κ3) is 1.33. The van der Waals surface area contributed by atoms with Crippen molar-refractivity contribution in [2.45, 2.75) is 46.5 Å². The van der Waals surface area contributed by atoms with E-state index in [9.17, 15) is 0 Å². The van der Waals surface area contributed by atoms with Gasteiger partial charge >= 0.3 is 0 Å². The topological polar surface area (TPSA) is 12.4 Å². The molecule has 1 nitrogen and oxygen atoms in total. The van der Waals surface area contributed by atoms with E-state index in [2.05, 4.69) is 51.7 Å². The van der Waals surface area contributed by atoms with Crippen molar-refractivity contribution in [3.05, 3.63) is 28.8 Å². The van der Waals surface area contributed by atoms with Gasteiger partial charge in [0.2, 0.25) is 0 Å². The first-order valence-electron chi connectivity index (χ1n) is 5.67. The number of nitrogens with zero attached hydrogens (tertiary/aromatic N) is 1. The average Bonchev–Trinajstić information content (AvgIpc) is 2.40. The molecule has 1 aromatic rings. The zero-order valence-corrected chi connectivity index (χ0v) is 10.3. The molecular weight excluding hydrogens is 182 g/mol. The number of benzene rings is 1. The predicted molar refractivity (Wildman–Crippen MR) is 66.4 cm³/mol. The molecule has 0 aromatic heterocycles. The predicted octanol–water partition coefficient (Wildman–Crippen LogP) is 3.94. The normalized spacial score (nSPS) is 17.5. The molecule has 1 aromatic carbocycles. The Balaban J connectivity index is 2.73. The van der Waals surface area contributed by atoms with Crippen molar-refractivity contribution in [2.24, 2.45) is 4.99 Å². The number of aryl methyl sites for hydroxylation is 1. The van der Waals surface area contributed by atoms with E-state index in [-0.39, 0.29) is 5.41 Å². The lowest BCUT2D eigenvalue weighted by atomic mass is 9.78. The van der Waals surface area contributed by atoms with Gasteiger partial charge in [0.15, 0.2) is 0 Å². The highest BCUT2D eigenvalue weighted by atomic mass is 14.8. The minimum atomic E-state index is 0.118. The fraction of sp³-hybridized carbons (Fsp3) is 0.500. The van der Waals surface area contributed by atoms with Crippen LogP contribution in [-0.4, -0.2) is 5.71 Å². The molecule has 0 saturated carbocycles. The zero-order chi connectivity index (χ0) is 11.2. The summed E-state index contributed by atoms with van der Waals surface area (Å²) in [6, 6.07) is 4.35. The lowest BCUT2D eigenvalue weighted by molar-refractivity contribution is 0.720. The molecule has 0 spiro atoms. The summed E-state index contributed by atoms with van der Waals surface area (Å²) in [5, 5.41) is 0. The number of rotatable bonds is 1. The van der Waals surface area contributed by atoms with Gasteiger partial charge in [-0.15, -0.1) is 0 Å². The minimum absolute atomic E-state index is 0.118. The highest BCUT2D eigenvalue weighted by Crippen LogP contribution is 2.43. The van der Waals surface area contributed by atoms with Crippen LogP contribution in [0.25, 0.3) is 0 Å². The Morgan fingerprint density at radius 3 is 2.47 bits per heavy atom. The van der Waals surface area contributed by atoms with Gasteiger partial charge in [0.25, 0.3) is 0 Å². The number of hydrogen-bond acceptors (Lipinski definition) is 1. The molecule has 1 aliphatic rings. The monoisotopic (exact) mass is 201 g/mol. The number of aliphatic imine (C=N–C) groups is 1. The summed E-state index contributed by atoms with van der Waals surface area (Å²) < 4.78 is 0. The lowest BCUT2D eigenvalue weighted by Crippen LogP contribution is -2.24. The Labute approximate surface area is 92.2 Å². The van der Waals surface area contributed by atoms with Gasteiger partial charge < -0.3 is 0 Å². The van der Waals surface area contributed by atoms with Crippen molar-refractivity contribution in [3.63, 3.8) is 0 Å². The third-order valence-corrected chi connectivity index (χ3v) is 3.70. The summed E-state index contributed by atoms with van der Waals surface area (Å²) >= 11 is 0. The van der Waals surface area contributed by atoms with E-state index in [1.165, 1.54) is 28.1 Å². The Morgan fingerprint density at radius 2 is 1.87 bits per heavy atom. The van der Waals surface area contributed by atoms with Crippen LogP contribution in [0, 0.1) is 6.92 Å². The van der Waals surface area contributed by atoms with Crippen LogP contribution in [0.15, 0.2) is 17.1 Å². The van der Waals surface area contributed by atoms with Gasteiger partial charge in [-0.25, -0.2) is 0 Å². The van der Waals surface area contributed by atoms with Crippen LogP contribution in [-0.2, 0) is 11.8 Å². The summed E-state index contributed by atoms with van der Waals surface area (Å²) in [7, 11) is 0. The van der Waals surface area contributed by atoms with Crippen LogP contribution in [0.1, 0.15) is 44.4 Å². The van der Waals surface area contributed by atoms with E-state index in [1.807, 2.05) is 0 Å². The molecule has 80 valence electrons. The SMILES string of the molecule is CCc1c(C)ccc2c1C(C)(C)C(C)=N2. The summed E-state index contributed by atoms with van der Waals surface area (Å²) in [6.07, 6.45) is 1.10. The molecule has 15 heavy (non-hydrogen) atoms. The summed E-state index contributed by atoms with van der Waals surface area (Å²) in [6.45, 7) is 11.1. The van der Waals surface area contributed by atoms with E-state index in [0.29, 0.717) is 0 Å². The van der Waals surface area contributed by atoms with Gasteiger partial charge in [0.1, 0.15) is 0 Å². The maximum Gasteiger partial charge on any atom is 0.0673 e. The zero-order valence-electron chi connectivity index (χ0n) is 10.3. The van der Waals surface area contributed by atoms with Crippen LogP contribution in [0.3, 0.4) is 0 Å². The lowest BCUT2D eigenvalue weighted by Gasteiger charge is -2.24. The molecule has 0 unspecified atom stereocenters. The van der Waals surface area contributed by atoms with Crippen LogP contribution in [0.2, 0.25) is 0 Å². The molecule has 1 heterocycles. The maximum absolute atomic E-state index is 4.67. The Hall–Kier alpha value is -1.11. The second-order valence-corrected chi connectivity index (χ2v) is 4.93. The summed E-state index contributed by atoms with van der Waals surface area (Å²) in [4.78, 5) is 4.67. The highest BCUT2D eigenvalue weighted by Gasteiger charge is 2.34. The minimum Gasteiger partial charge on any atom is -0.257 e. The van der Waals surface area contributed by atoms with Crippen molar-refractivity contribution < 1.29 is 0 Å². The molecule has 0 aliphatic carbocycles. The second kappa shape index (κ2) is 3.19. The molecule has 1 heteroatoms. The smallest absolute Gasteiger partial charge is 0.0673 e.